The van der Waals surface area contributed by atoms with Crippen LogP contribution in [0.15, 0.2) is 0 Å². The van der Waals surface area contributed by atoms with Crippen molar-refractivity contribution in [2.24, 2.45) is 5.73 Å². The maximum Gasteiger partial charge on any atom is 0.222 e. The molecule has 1 aliphatic rings. The van der Waals surface area contributed by atoms with E-state index in [1.54, 1.807) is 0 Å². The van der Waals surface area contributed by atoms with Crippen molar-refractivity contribution in [1.82, 2.24) is 4.90 Å². The van der Waals surface area contributed by atoms with E-state index in [-0.39, 0.29) is 0 Å². The molecule has 1 rings (SSSR count). The van der Waals surface area contributed by atoms with Crippen molar-refractivity contribution >= 4 is 5.91 Å². The van der Waals surface area contributed by atoms with Crippen LogP contribution in [0, 0.1) is 0 Å². The molecule has 0 radical (unpaired) electrons. The van der Waals surface area contributed by atoms with E-state index in [1.807, 2.05) is 4.90 Å². The van der Waals surface area contributed by atoms with Crippen LogP contribution in [0.5, 0.6) is 0 Å². The van der Waals surface area contributed by atoms with E-state index in [1.165, 1.54) is 19.3 Å². The Bertz CT molecular complexity index is 153. The number of amides is 1. The second kappa shape index (κ2) is 5.97. The van der Waals surface area contributed by atoms with Crippen LogP contribution < -0.4 is 5.73 Å². The first-order valence-corrected chi connectivity index (χ1v) is 5.32. The summed E-state index contributed by atoms with van der Waals surface area (Å²) < 4.78 is 0. The highest BCUT2D eigenvalue weighted by atomic mass is 16.2. The summed E-state index contributed by atoms with van der Waals surface area (Å²) >= 11 is 0. The summed E-state index contributed by atoms with van der Waals surface area (Å²) in [6.07, 6.45) is 6.26. The minimum Gasteiger partial charge on any atom is -0.343 e. The molecule has 0 aromatic heterocycles. The van der Waals surface area contributed by atoms with E-state index in [4.69, 9.17) is 5.73 Å². The Labute approximate surface area is 80.3 Å². The normalized spacial score (nSPS) is 17.5. The van der Waals surface area contributed by atoms with Crippen molar-refractivity contribution < 1.29 is 4.79 Å². The Hall–Kier alpha value is -0.570. The molecule has 13 heavy (non-hydrogen) atoms. The van der Waals surface area contributed by atoms with Crippen molar-refractivity contribution in [2.75, 3.05) is 19.6 Å². The molecule has 0 saturated carbocycles. The molecule has 3 nitrogen and oxygen atoms in total. The number of rotatable bonds is 4. The Balaban J connectivity index is 2.13. The Morgan fingerprint density at radius 2 is 1.85 bits per heavy atom. The molecule has 0 aromatic rings. The highest BCUT2D eigenvalue weighted by Gasteiger charge is 2.15. The van der Waals surface area contributed by atoms with Crippen LogP contribution in [0.2, 0.25) is 0 Å². The van der Waals surface area contributed by atoms with Crippen LogP contribution >= 0.6 is 0 Å². The van der Waals surface area contributed by atoms with Crippen molar-refractivity contribution in [2.45, 2.75) is 38.5 Å². The van der Waals surface area contributed by atoms with Crippen molar-refractivity contribution in [3.63, 3.8) is 0 Å². The molecule has 0 aliphatic carbocycles. The van der Waals surface area contributed by atoms with E-state index < -0.39 is 0 Å². The quantitative estimate of drug-likeness (QED) is 0.666. The third-order valence-electron chi connectivity index (χ3n) is 2.55. The fourth-order valence-corrected chi connectivity index (χ4v) is 1.72. The summed E-state index contributed by atoms with van der Waals surface area (Å²) in [4.78, 5) is 13.6. The summed E-state index contributed by atoms with van der Waals surface area (Å²) in [6, 6.07) is 0. The maximum absolute atomic E-state index is 11.6. The van der Waals surface area contributed by atoms with Gasteiger partial charge in [-0.15, -0.1) is 0 Å². The predicted molar refractivity (Wildman–Crippen MR) is 53.3 cm³/mol. The van der Waals surface area contributed by atoms with Gasteiger partial charge < -0.3 is 10.6 Å². The zero-order valence-corrected chi connectivity index (χ0v) is 8.30. The number of carbonyl (C=O) groups is 1. The number of nitrogens with zero attached hydrogens (tertiary/aromatic N) is 1. The minimum atomic E-state index is 0.327. The molecule has 1 saturated heterocycles. The first-order valence-electron chi connectivity index (χ1n) is 5.32. The van der Waals surface area contributed by atoms with Crippen molar-refractivity contribution in [3.8, 4) is 0 Å². The largest absolute Gasteiger partial charge is 0.343 e. The fraction of sp³-hybridized carbons (Fsp3) is 0.900. The van der Waals surface area contributed by atoms with Crippen LogP contribution in [0.25, 0.3) is 0 Å². The summed E-state index contributed by atoms with van der Waals surface area (Å²) in [5.41, 5.74) is 5.37. The van der Waals surface area contributed by atoms with Crippen molar-refractivity contribution in [3.05, 3.63) is 0 Å². The number of piperidine rings is 1. The smallest absolute Gasteiger partial charge is 0.222 e. The zero-order valence-electron chi connectivity index (χ0n) is 8.30. The Morgan fingerprint density at radius 1 is 1.15 bits per heavy atom. The molecule has 0 aromatic carbocycles. The number of likely N-dealkylation sites (tertiary alicyclic amines) is 1. The average Bonchev–Trinajstić information content (AvgIpc) is 2.19. The fourth-order valence-electron chi connectivity index (χ4n) is 1.72. The summed E-state index contributed by atoms with van der Waals surface area (Å²) in [5, 5.41) is 0. The second-order valence-electron chi connectivity index (χ2n) is 3.69. The SMILES string of the molecule is NCCCCC(=O)N1CCCCC1. The van der Waals surface area contributed by atoms with E-state index in [0.29, 0.717) is 18.9 Å². The zero-order chi connectivity index (χ0) is 9.52. The second-order valence-corrected chi connectivity index (χ2v) is 3.69. The highest BCUT2D eigenvalue weighted by Crippen LogP contribution is 2.10. The Kier molecular flexibility index (Phi) is 4.83. The lowest BCUT2D eigenvalue weighted by atomic mass is 10.1. The van der Waals surface area contributed by atoms with Crippen LogP contribution in [-0.2, 0) is 4.79 Å². The average molecular weight is 184 g/mol. The monoisotopic (exact) mass is 184 g/mol. The molecule has 0 bridgehead atoms. The summed E-state index contributed by atoms with van der Waals surface area (Å²) in [7, 11) is 0. The van der Waals surface area contributed by atoms with Crippen molar-refractivity contribution in [1.29, 1.82) is 0 Å². The maximum atomic E-state index is 11.6. The molecule has 1 heterocycles. The third-order valence-corrected chi connectivity index (χ3v) is 2.55. The van der Waals surface area contributed by atoms with Crippen LogP contribution in [0.3, 0.4) is 0 Å². The first kappa shape index (κ1) is 10.5. The third kappa shape index (κ3) is 3.77. The molecular formula is C10H20N2O. The predicted octanol–water partition coefficient (Wildman–Crippen LogP) is 1.13. The van der Waals surface area contributed by atoms with E-state index in [9.17, 15) is 4.79 Å². The molecular weight excluding hydrogens is 164 g/mol. The number of hydrogen-bond acceptors (Lipinski definition) is 2. The van der Waals surface area contributed by atoms with E-state index in [0.717, 1.165) is 25.9 Å². The molecule has 0 unspecified atom stereocenters. The van der Waals surface area contributed by atoms with Gasteiger partial charge in [-0.3, -0.25) is 4.79 Å². The highest BCUT2D eigenvalue weighted by molar-refractivity contribution is 5.76. The number of carbonyl (C=O) groups excluding carboxylic acids is 1. The first-order chi connectivity index (χ1) is 6.34. The summed E-state index contributed by atoms with van der Waals surface area (Å²) in [5.74, 6) is 0.327. The van der Waals surface area contributed by atoms with Gasteiger partial charge in [0, 0.05) is 19.5 Å². The van der Waals surface area contributed by atoms with Gasteiger partial charge in [0.05, 0.1) is 0 Å². The minimum absolute atomic E-state index is 0.327. The Morgan fingerprint density at radius 3 is 2.46 bits per heavy atom. The van der Waals surface area contributed by atoms with Gasteiger partial charge in [0.2, 0.25) is 5.91 Å². The van der Waals surface area contributed by atoms with E-state index in [2.05, 4.69) is 0 Å². The molecule has 0 atom stereocenters. The standard InChI is InChI=1S/C10H20N2O/c11-7-3-2-6-10(13)12-8-4-1-5-9-12/h1-9,11H2. The topological polar surface area (TPSA) is 46.3 Å². The molecule has 3 heteroatoms. The van der Waals surface area contributed by atoms with Gasteiger partial charge in [-0.05, 0) is 38.6 Å². The molecule has 2 N–H and O–H groups in total. The van der Waals surface area contributed by atoms with Gasteiger partial charge >= 0.3 is 0 Å². The van der Waals surface area contributed by atoms with Gasteiger partial charge in [0.25, 0.3) is 0 Å². The number of nitrogens with two attached hydrogens (primary N) is 1. The molecule has 0 spiro atoms. The molecule has 1 fully saturated rings. The summed E-state index contributed by atoms with van der Waals surface area (Å²) in [6.45, 7) is 2.65. The lowest BCUT2D eigenvalue weighted by Crippen LogP contribution is -2.35. The van der Waals surface area contributed by atoms with Crippen LogP contribution in [0.1, 0.15) is 38.5 Å². The van der Waals surface area contributed by atoms with Gasteiger partial charge in [-0.25, -0.2) is 0 Å². The lowest BCUT2D eigenvalue weighted by molar-refractivity contribution is -0.132. The molecule has 1 aliphatic heterocycles. The lowest BCUT2D eigenvalue weighted by Gasteiger charge is -2.26. The van der Waals surface area contributed by atoms with Gasteiger partial charge in [0.1, 0.15) is 0 Å². The van der Waals surface area contributed by atoms with Gasteiger partial charge in [0.15, 0.2) is 0 Å². The van der Waals surface area contributed by atoms with Crippen LogP contribution in [0.4, 0.5) is 0 Å². The number of hydrogen-bond donors (Lipinski definition) is 1. The van der Waals surface area contributed by atoms with Gasteiger partial charge in [-0.1, -0.05) is 0 Å². The van der Waals surface area contributed by atoms with Gasteiger partial charge in [-0.2, -0.15) is 0 Å². The van der Waals surface area contributed by atoms with Crippen LogP contribution in [-0.4, -0.2) is 30.4 Å². The van der Waals surface area contributed by atoms with E-state index >= 15 is 0 Å². The molecule has 76 valence electrons. The number of unbranched alkanes of at least 4 members (excludes halogenated alkanes) is 1. The molecule has 1 amide bonds.